The summed E-state index contributed by atoms with van der Waals surface area (Å²) in [7, 11) is 0. The van der Waals surface area contributed by atoms with E-state index in [2.05, 4.69) is 20.9 Å². The predicted molar refractivity (Wildman–Crippen MR) is 112 cm³/mol. The summed E-state index contributed by atoms with van der Waals surface area (Å²) in [5.41, 5.74) is 6.14. The number of carbonyl (C=O) groups is 1. The zero-order valence-corrected chi connectivity index (χ0v) is 17.1. The van der Waals surface area contributed by atoms with Gasteiger partial charge in [0.05, 0.1) is 6.04 Å². The second kappa shape index (κ2) is 7.85. The van der Waals surface area contributed by atoms with Crippen LogP contribution in [0.3, 0.4) is 0 Å². The van der Waals surface area contributed by atoms with Crippen molar-refractivity contribution in [2.75, 3.05) is 10.7 Å². The molecule has 1 aliphatic heterocycles. The maximum atomic E-state index is 13.2. The van der Waals surface area contributed by atoms with Gasteiger partial charge in [-0.25, -0.2) is 4.68 Å². The van der Waals surface area contributed by atoms with E-state index < -0.39 is 5.25 Å². The maximum Gasteiger partial charge on any atom is 0.240 e. The molecule has 1 aliphatic rings. The minimum Gasteiger partial charge on any atom is -0.325 e. The lowest BCUT2D eigenvalue weighted by Gasteiger charge is -2.33. The highest BCUT2D eigenvalue weighted by molar-refractivity contribution is 8.00. The molecular formula is C20H20ClN5OS. The normalized spacial score (nSPS) is 18.2. The summed E-state index contributed by atoms with van der Waals surface area (Å²) in [5, 5.41) is 12.4. The zero-order chi connectivity index (χ0) is 19.7. The Morgan fingerprint density at radius 2 is 2.04 bits per heavy atom. The highest BCUT2D eigenvalue weighted by Gasteiger charge is 2.37. The molecule has 144 valence electrons. The molecule has 0 saturated carbocycles. The lowest BCUT2D eigenvalue weighted by Crippen LogP contribution is -2.41. The zero-order valence-electron chi connectivity index (χ0n) is 15.5. The number of rotatable bonds is 4. The van der Waals surface area contributed by atoms with Crippen molar-refractivity contribution in [1.29, 1.82) is 0 Å². The summed E-state index contributed by atoms with van der Waals surface area (Å²) in [5.74, 6) is 0.733. The van der Waals surface area contributed by atoms with Gasteiger partial charge < -0.3 is 10.7 Å². The summed E-state index contributed by atoms with van der Waals surface area (Å²) in [6.45, 7) is 3.97. The van der Waals surface area contributed by atoms with Crippen molar-refractivity contribution in [3.05, 3.63) is 70.5 Å². The topological polar surface area (TPSA) is 71.8 Å². The lowest BCUT2D eigenvalue weighted by molar-refractivity contribution is -0.116. The van der Waals surface area contributed by atoms with Crippen LogP contribution in [0.5, 0.6) is 0 Å². The van der Waals surface area contributed by atoms with E-state index in [-0.39, 0.29) is 11.9 Å². The Morgan fingerprint density at radius 1 is 1.25 bits per heavy atom. The average Bonchev–Trinajstić information content (AvgIpc) is 3.12. The number of carbonyl (C=O) groups excluding carboxylic acids is 1. The number of hydrogen-bond acceptors (Lipinski definition) is 5. The van der Waals surface area contributed by atoms with E-state index in [0.717, 1.165) is 23.4 Å². The molecule has 0 aliphatic carbocycles. The van der Waals surface area contributed by atoms with Crippen LogP contribution in [0.25, 0.3) is 0 Å². The van der Waals surface area contributed by atoms with Crippen molar-refractivity contribution in [2.45, 2.75) is 36.7 Å². The molecule has 2 atom stereocenters. The first-order valence-electron chi connectivity index (χ1n) is 9.06. The third kappa shape index (κ3) is 3.59. The molecule has 2 heterocycles. The van der Waals surface area contributed by atoms with Gasteiger partial charge in [0.15, 0.2) is 5.82 Å². The number of aromatic nitrogens is 3. The Labute approximate surface area is 172 Å². The second-order valence-corrected chi connectivity index (χ2v) is 8.14. The molecule has 0 fully saturated rings. The Bertz CT molecular complexity index is 1010. The molecule has 1 amide bonds. The number of thioether (sulfide) groups is 1. The highest BCUT2D eigenvalue weighted by atomic mass is 35.5. The SMILES string of the molecule is CCc1nnc2n1N[C@H](c1ccccc1)[C@H](C(=O)Nc1cc(Cl)ccc1C)S2. The summed E-state index contributed by atoms with van der Waals surface area (Å²) in [6.07, 6.45) is 0.751. The molecule has 0 saturated heterocycles. The van der Waals surface area contributed by atoms with Gasteiger partial charge in [0.2, 0.25) is 11.1 Å². The van der Waals surface area contributed by atoms with Gasteiger partial charge in [-0.3, -0.25) is 4.79 Å². The van der Waals surface area contributed by atoms with E-state index in [1.165, 1.54) is 11.8 Å². The highest BCUT2D eigenvalue weighted by Crippen LogP contribution is 2.37. The Morgan fingerprint density at radius 3 is 2.79 bits per heavy atom. The van der Waals surface area contributed by atoms with Crippen LogP contribution in [0, 0.1) is 6.92 Å². The van der Waals surface area contributed by atoms with Gasteiger partial charge in [-0.15, -0.1) is 10.2 Å². The van der Waals surface area contributed by atoms with Gasteiger partial charge in [-0.2, -0.15) is 0 Å². The molecule has 28 heavy (non-hydrogen) atoms. The molecule has 1 aromatic heterocycles. The number of nitrogens with one attached hydrogen (secondary N) is 2. The molecule has 6 nitrogen and oxygen atoms in total. The van der Waals surface area contributed by atoms with Crippen LogP contribution in [-0.2, 0) is 11.2 Å². The summed E-state index contributed by atoms with van der Waals surface area (Å²) >= 11 is 7.52. The predicted octanol–water partition coefficient (Wildman–Crippen LogP) is 4.20. The largest absolute Gasteiger partial charge is 0.325 e. The number of aryl methyl sites for hydroxylation is 2. The molecule has 2 N–H and O–H groups in total. The standard InChI is InChI=1S/C20H20ClN5OS/c1-3-16-23-24-20-26(16)25-17(13-7-5-4-6-8-13)18(28-20)19(27)22-15-11-14(21)10-9-12(15)2/h4-11,17-18,25H,3H2,1-2H3,(H,22,27)/t17-,18-/m1/s1. The third-order valence-electron chi connectivity index (χ3n) is 4.69. The monoisotopic (exact) mass is 413 g/mol. The van der Waals surface area contributed by atoms with Crippen LogP contribution < -0.4 is 10.7 Å². The van der Waals surface area contributed by atoms with Crippen LogP contribution >= 0.6 is 23.4 Å². The van der Waals surface area contributed by atoms with Crippen molar-refractivity contribution in [1.82, 2.24) is 14.9 Å². The number of benzene rings is 2. The fourth-order valence-corrected chi connectivity index (χ4v) is 4.44. The first-order valence-corrected chi connectivity index (χ1v) is 10.3. The molecule has 0 unspecified atom stereocenters. The van der Waals surface area contributed by atoms with Gasteiger partial charge in [0.1, 0.15) is 5.25 Å². The van der Waals surface area contributed by atoms with Crippen LogP contribution in [0.15, 0.2) is 53.7 Å². The first-order chi connectivity index (χ1) is 13.6. The molecule has 4 rings (SSSR count). The van der Waals surface area contributed by atoms with E-state index in [9.17, 15) is 4.79 Å². The van der Waals surface area contributed by atoms with E-state index in [1.54, 1.807) is 6.07 Å². The quantitative estimate of drug-likeness (QED) is 0.670. The smallest absolute Gasteiger partial charge is 0.240 e. The Balaban J connectivity index is 1.68. The van der Waals surface area contributed by atoms with Crippen LogP contribution in [0.2, 0.25) is 5.02 Å². The van der Waals surface area contributed by atoms with Gasteiger partial charge in [-0.05, 0) is 30.2 Å². The van der Waals surface area contributed by atoms with E-state index >= 15 is 0 Å². The third-order valence-corrected chi connectivity index (χ3v) is 6.14. The van der Waals surface area contributed by atoms with Crippen molar-refractivity contribution in [2.24, 2.45) is 0 Å². The second-order valence-electron chi connectivity index (χ2n) is 6.59. The number of anilines is 1. The van der Waals surface area contributed by atoms with Gasteiger partial charge in [0, 0.05) is 17.1 Å². The maximum absolute atomic E-state index is 13.2. The summed E-state index contributed by atoms with van der Waals surface area (Å²) in [4.78, 5) is 13.2. The summed E-state index contributed by atoms with van der Waals surface area (Å²) < 4.78 is 1.89. The lowest BCUT2D eigenvalue weighted by atomic mass is 10.0. The molecule has 0 spiro atoms. The van der Waals surface area contributed by atoms with E-state index in [4.69, 9.17) is 11.6 Å². The van der Waals surface area contributed by atoms with Crippen LogP contribution in [0.4, 0.5) is 5.69 Å². The molecule has 0 bridgehead atoms. The first kappa shape index (κ1) is 18.8. The van der Waals surface area contributed by atoms with Crippen molar-refractivity contribution in [3.8, 4) is 0 Å². The Hall–Kier alpha value is -2.51. The average molecular weight is 414 g/mol. The van der Waals surface area contributed by atoms with Crippen molar-refractivity contribution in [3.63, 3.8) is 0 Å². The van der Waals surface area contributed by atoms with E-state index in [1.807, 2.05) is 61.0 Å². The molecule has 2 aromatic carbocycles. The van der Waals surface area contributed by atoms with Gasteiger partial charge >= 0.3 is 0 Å². The minimum absolute atomic E-state index is 0.107. The molecule has 0 radical (unpaired) electrons. The number of fused-ring (bicyclic) bond motifs is 1. The Kier molecular flexibility index (Phi) is 5.28. The van der Waals surface area contributed by atoms with Gasteiger partial charge in [-0.1, -0.05) is 66.7 Å². The fourth-order valence-electron chi connectivity index (χ4n) is 3.17. The molecule has 3 aromatic rings. The summed E-state index contributed by atoms with van der Waals surface area (Å²) in [6, 6.07) is 15.2. The van der Waals surface area contributed by atoms with E-state index in [0.29, 0.717) is 15.9 Å². The molecule has 8 heteroatoms. The fraction of sp³-hybridized carbons (Fsp3) is 0.250. The number of hydrogen-bond donors (Lipinski definition) is 2. The number of amides is 1. The van der Waals surface area contributed by atoms with Crippen LogP contribution in [-0.4, -0.2) is 26.0 Å². The number of halogens is 1. The van der Waals surface area contributed by atoms with Crippen molar-refractivity contribution >= 4 is 35.0 Å². The van der Waals surface area contributed by atoms with Gasteiger partial charge in [0.25, 0.3) is 0 Å². The minimum atomic E-state index is -0.415. The number of nitrogens with zero attached hydrogens (tertiary/aromatic N) is 3. The van der Waals surface area contributed by atoms with Crippen LogP contribution in [0.1, 0.15) is 29.9 Å². The van der Waals surface area contributed by atoms with Crippen molar-refractivity contribution < 1.29 is 4.79 Å². The molecular weight excluding hydrogens is 394 g/mol.